The summed E-state index contributed by atoms with van der Waals surface area (Å²) in [7, 11) is 3.38. The molecule has 1 aliphatic heterocycles. The Hall–Kier alpha value is -1.42. The zero-order valence-electron chi connectivity index (χ0n) is 19.9. The average Bonchev–Trinajstić information content (AvgIpc) is 3.32. The van der Waals surface area contributed by atoms with Crippen LogP contribution in [-0.4, -0.2) is 65.1 Å². The maximum absolute atomic E-state index is 5.95. The number of benzene rings is 1. The van der Waals surface area contributed by atoms with Gasteiger partial charge in [0.2, 0.25) is 0 Å². The highest BCUT2D eigenvalue weighted by Gasteiger charge is 2.21. The van der Waals surface area contributed by atoms with Gasteiger partial charge in [-0.3, -0.25) is 4.99 Å². The minimum absolute atomic E-state index is 0. The Kier molecular flexibility index (Phi) is 12.3. The molecule has 1 saturated heterocycles. The summed E-state index contributed by atoms with van der Waals surface area (Å²) < 4.78 is 16.8. The van der Waals surface area contributed by atoms with Crippen LogP contribution in [-0.2, 0) is 4.74 Å². The Morgan fingerprint density at radius 2 is 1.69 bits per heavy atom. The molecule has 2 fully saturated rings. The Labute approximate surface area is 210 Å². The number of nitrogens with zero attached hydrogens (tertiary/aromatic N) is 2. The van der Waals surface area contributed by atoms with Crippen LogP contribution in [0.3, 0.4) is 0 Å². The molecule has 0 radical (unpaired) electrons. The van der Waals surface area contributed by atoms with Gasteiger partial charge in [0.1, 0.15) is 11.5 Å². The highest BCUT2D eigenvalue weighted by Crippen LogP contribution is 2.30. The third-order valence-electron chi connectivity index (χ3n) is 6.11. The van der Waals surface area contributed by atoms with E-state index in [1.165, 1.54) is 25.7 Å². The van der Waals surface area contributed by atoms with Crippen molar-refractivity contribution < 1.29 is 14.2 Å². The van der Waals surface area contributed by atoms with Gasteiger partial charge >= 0.3 is 0 Å². The fourth-order valence-corrected chi connectivity index (χ4v) is 4.33. The monoisotopic (exact) mass is 560 g/mol. The van der Waals surface area contributed by atoms with E-state index in [1.54, 1.807) is 14.2 Å². The number of hydrogen-bond donors (Lipinski definition) is 2. The smallest absolute Gasteiger partial charge is 0.191 e. The van der Waals surface area contributed by atoms with Crippen molar-refractivity contribution in [2.75, 3.05) is 51.9 Å². The van der Waals surface area contributed by atoms with Crippen molar-refractivity contribution in [3.8, 4) is 11.5 Å². The summed E-state index contributed by atoms with van der Waals surface area (Å²) in [5.41, 5.74) is 1.15. The van der Waals surface area contributed by atoms with Crippen LogP contribution >= 0.6 is 24.0 Å². The molecule has 0 aromatic heterocycles. The van der Waals surface area contributed by atoms with Gasteiger partial charge in [-0.1, -0.05) is 12.8 Å². The largest absolute Gasteiger partial charge is 0.497 e. The highest BCUT2D eigenvalue weighted by molar-refractivity contribution is 14.0. The maximum atomic E-state index is 5.95. The number of piperidine rings is 1. The van der Waals surface area contributed by atoms with E-state index in [2.05, 4.69) is 34.6 Å². The topological polar surface area (TPSA) is 67.4 Å². The second-order valence-electron chi connectivity index (χ2n) is 8.37. The summed E-state index contributed by atoms with van der Waals surface area (Å²) in [6.07, 6.45) is 8.70. The predicted octanol–water partition coefficient (Wildman–Crippen LogP) is 4.20. The molecular formula is C24H41IN4O3. The normalized spacial score (nSPS) is 17.7. The number of methoxy groups -OCH3 is 2. The lowest BCUT2D eigenvalue weighted by molar-refractivity contribution is 0.0579. The second-order valence-corrected chi connectivity index (χ2v) is 8.37. The number of anilines is 1. The molecule has 8 heteroatoms. The molecule has 0 bridgehead atoms. The molecule has 0 spiro atoms. The molecule has 2 aliphatic rings. The first-order valence-corrected chi connectivity index (χ1v) is 11.9. The van der Waals surface area contributed by atoms with Gasteiger partial charge in [-0.25, -0.2) is 0 Å². The summed E-state index contributed by atoms with van der Waals surface area (Å²) in [6.45, 7) is 6.57. The molecule has 0 unspecified atom stereocenters. The Bertz CT molecular complexity index is 668. The third-order valence-corrected chi connectivity index (χ3v) is 6.11. The SMILES string of the molecule is CCNC(=NCCCOC1CCCC1)NC1CCN(c2cc(OC)cc(OC)c2)CC1.I. The van der Waals surface area contributed by atoms with Crippen molar-refractivity contribution in [3.63, 3.8) is 0 Å². The summed E-state index contributed by atoms with van der Waals surface area (Å²) in [4.78, 5) is 7.16. The highest BCUT2D eigenvalue weighted by atomic mass is 127. The number of guanidine groups is 1. The first-order chi connectivity index (χ1) is 15.2. The lowest BCUT2D eigenvalue weighted by atomic mass is 10.0. The first-order valence-electron chi connectivity index (χ1n) is 11.9. The molecule has 3 rings (SSSR count). The molecule has 7 nitrogen and oxygen atoms in total. The van der Waals surface area contributed by atoms with Crippen LogP contribution in [0.2, 0.25) is 0 Å². The van der Waals surface area contributed by atoms with Crippen LogP contribution in [0.15, 0.2) is 23.2 Å². The molecule has 1 heterocycles. The summed E-state index contributed by atoms with van der Waals surface area (Å²) in [5.74, 6) is 2.58. The van der Waals surface area contributed by atoms with E-state index in [-0.39, 0.29) is 24.0 Å². The molecule has 1 saturated carbocycles. The van der Waals surface area contributed by atoms with E-state index in [4.69, 9.17) is 19.2 Å². The van der Waals surface area contributed by atoms with E-state index >= 15 is 0 Å². The lowest BCUT2D eigenvalue weighted by Crippen LogP contribution is -2.48. The predicted molar refractivity (Wildman–Crippen MR) is 142 cm³/mol. The van der Waals surface area contributed by atoms with E-state index in [0.29, 0.717) is 12.1 Å². The molecule has 182 valence electrons. The van der Waals surface area contributed by atoms with Crippen molar-refractivity contribution in [2.24, 2.45) is 4.99 Å². The van der Waals surface area contributed by atoms with E-state index in [1.807, 2.05) is 6.07 Å². The Balaban J connectivity index is 0.00000363. The zero-order chi connectivity index (χ0) is 21.9. The second kappa shape index (κ2) is 14.7. The van der Waals surface area contributed by atoms with Gasteiger partial charge in [-0.2, -0.15) is 0 Å². The quantitative estimate of drug-likeness (QED) is 0.194. The number of aliphatic imine (C=N–C) groups is 1. The van der Waals surface area contributed by atoms with Crippen LogP contribution in [0.1, 0.15) is 51.9 Å². The number of rotatable bonds is 10. The molecule has 1 aromatic rings. The molecule has 1 aromatic carbocycles. The Morgan fingerprint density at radius 1 is 1.03 bits per heavy atom. The van der Waals surface area contributed by atoms with Crippen molar-refractivity contribution in [3.05, 3.63) is 18.2 Å². The van der Waals surface area contributed by atoms with Crippen molar-refractivity contribution in [1.29, 1.82) is 0 Å². The number of hydrogen-bond acceptors (Lipinski definition) is 5. The van der Waals surface area contributed by atoms with Crippen LogP contribution in [0.5, 0.6) is 11.5 Å². The molecule has 1 aliphatic carbocycles. The van der Waals surface area contributed by atoms with E-state index in [0.717, 1.165) is 75.2 Å². The van der Waals surface area contributed by atoms with Gasteiger partial charge in [0.15, 0.2) is 5.96 Å². The average molecular weight is 561 g/mol. The van der Waals surface area contributed by atoms with E-state index < -0.39 is 0 Å². The first kappa shape index (κ1) is 26.8. The van der Waals surface area contributed by atoms with Gasteiger partial charge in [-0.15, -0.1) is 24.0 Å². The van der Waals surface area contributed by atoms with Crippen LogP contribution in [0.4, 0.5) is 5.69 Å². The van der Waals surface area contributed by atoms with Crippen molar-refractivity contribution >= 4 is 35.6 Å². The summed E-state index contributed by atoms with van der Waals surface area (Å²) in [5, 5.41) is 7.01. The summed E-state index contributed by atoms with van der Waals surface area (Å²) in [6, 6.07) is 6.50. The number of nitrogens with one attached hydrogen (secondary N) is 2. The van der Waals surface area contributed by atoms with Gasteiger partial charge < -0.3 is 29.7 Å². The Morgan fingerprint density at radius 3 is 2.28 bits per heavy atom. The maximum Gasteiger partial charge on any atom is 0.191 e. The fourth-order valence-electron chi connectivity index (χ4n) is 4.33. The standard InChI is InChI=1S/C24H40N4O3.HI/c1-4-25-24(26-12-7-15-31-21-8-5-6-9-21)27-19-10-13-28(14-11-19)20-16-22(29-2)18-23(17-20)30-3;/h16-19,21H,4-15H2,1-3H3,(H2,25,26,27);1H. The van der Waals surface area contributed by atoms with Gasteiger partial charge in [0.05, 0.1) is 20.3 Å². The number of halogens is 1. The fraction of sp³-hybridized carbons (Fsp3) is 0.708. The molecule has 0 atom stereocenters. The third kappa shape index (κ3) is 8.50. The molecule has 32 heavy (non-hydrogen) atoms. The summed E-state index contributed by atoms with van der Waals surface area (Å²) >= 11 is 0. The molecule has 0 amide bonds. The zero-order valence-corrected chi connectivity index (χ0v) is 22.2. The minimum atomic E-state index is 0. The van der Waals surface area contributed by atoms with Crippen molar-refractivity contribution in [2.45, 2.75) is 64.0 Å². The van der Waals surface area contributed by atoms with Crippen LogP contribution < -0.4 is 25.0 Å². The lowest BCUT2D eigenvalue weighted by Gasteiger charge is -2.34. The van der Waals surface area contributed by atoms with Crippen molar-refractivity contribution in [1.82, 2.24) is 10.6 Å². The minimum Gasteiger partial charge on any atom is -0.497 e. The van der Waals surface area contributed by atoms with Gasteiger partial charge in [0.25, 0.3) is 0 Å². The van der Waals surface area contributed by atoms with Crippen LogP contribution in [0.25, 0.3) is 0 Å². The number of ether oxygens (including phenoxy) is 3. The molecule has 2 N–H and O–H groups in total. The van der Waals surface area contributed by atoms with Crippen LogP contribution in [0, 0.1) is 0 Å². The van der Waals surface area contributed by atoms with Gasteiger partial charge in [0, 0.05) is 62.7 Å². The molecular weight excluding hydrogens is 519 g/mol. The van der Waals surface area contributed by atoms with Gasteiger partial charge in [-0.05, 0) is 39.0 Å². The van der Waals surface area contributed by atoms with E-state index in [9.17, 15) is 0 Å².